The average Bonchev–Trinajstić information content (AvgIpc) is 2.53. The van der Waals surface area contributed by atoms with Crippen LogP contribution in [0.1, 0.15) is 17.5 Å². The van der Waals surface area contributed by atoms with Crippen LogP contribution >= 0.6 is 0 Å². The van der Waals surface area contributed by atoms with Gasteiger partial charge in [0, 0.05) is 6.54 Å². The summed E-state index contributed by atoms with van der Waals surface area (Å²) in [6.07, 6.45) is 2.21. The van der Waals surface area contributed by atoms with Crippen LogP contribution in [0.2, 0.25) is 0 Å². The third kappa shape index (κ3) is 2.94. The summed E-state index contributed by atoms with van der Waals surface area (Å²) in [5.41, 5.74) is 3.12. The van der Waals surface area contributed by atoms with Gasteiger partial charge < -0.3 is 14.8 Å². The fraction of sp³-hybridized carbons (Fsp3) is 0.294. The Morgan fingerprint density at radius 2 is 2.10 bits per heavy atom. The minimum absolute atomic E-state index is 0.248. The monoisotopic (exact) mass is 287 g/mol. The van der Waals surface area contributed by atoms with Crippen LogP contribution in [0.5, 0.6) is 11.5 Å². The highest BCUT2D eigenvalue weighted by Crippen LogP contribution is 2.32. The maximum absolute atomic E-state index is 13.7. The maximum atomic E-state index is 13.7. The van der Waals surface area contributed by atoms with E-state index in [9.17, 15) is 4.39 Å². The van der Waals surface area contributed by atoms with Crippen molar-refractivity contribution >= 4 is 5.69 Å². The Hall–Kier alpha value is -2.23. The van der Waals surface area contributed by atoms with E-state index in [2.05, 4.69) is 11.4 Å². The van der Waals surface area contributed by atoms with E-state index < -0.39 is 0 Å². The SMILES string of the molecule is COc1ccc(COc2cccc3c2NCCC3)cc1F. The van der Waals surface area contributed by atoms with Crippen molar-refractivity contribution in [3.05, 3.63) is 53.3 Å². The summed E-state index contributed by atoms with van der Waals surface area (Å²) in [6.45, 7) is 1.30. The van der Waals surface area contributed by atoms with Crippen molar-refractivity contribution in [3.8, 4) is 11.5 Å². The van der Waals surface area contributed by atoms with Crippen LogP contribution < -0.4 is 14.8 Å². The fourth-order valence-electron chi connectivity index (χ4n) is 2.56. The Balaban J connectivity index is 1.75. The first-order chi connectivity index (χ1) is 10.3. The van der Waals surface area contributed by atoms with E-state index in [0.29, 0.717) is 6.61 Å². The fourth-order valence-corrected chi connectivity index (χ4v) is 2.56. The highest BCUT2D eigenvalue weighted by molar-refractivity contribution is 5.63. The zero-order chi connectivity index (χ0) is 14.7. The highest BCUT2D eigenvalue weighted by atomic mass is 19.1. The smallest absolute Gasteiger partial charge is 0.165 e. The van der Waals surface area contributed by atoms with Crippen molar-refractivity contribution in [2.45, 2.75) is 19.4 Å². The van der Waals surface area contributed by atoms with E-state index >= 15 is 0 Å². The second-order valence-corrected chi connectivity index (χ2v) is 5.08. The molecule has 4 heteroatoms. The predicted octanol–water partition coefficient (Wildman–Crippen LogP) is 3.77. The van der Waals surface area contributed by atoms with Crippen LogP contribution in [0, 0.1) is 5.82 Å². The molecule has 0 fully saturated rings. The first kappa shape index (κ1) is 13.7. The van der Waals surface area contributed by atoms with Gasteiger partial charge in [-0.2, -0.15) is 0 Å². The van der Waals surface area contributed by atoms with Crippen LogP contribution in [0.4, 0.5) is 10.1 Å². The first-order valence-corrected chi connectivity index (χ1v) is 7.09. The van der Waals surface area contributed by atoms with Gasteiger partial charge in [-0.05, 0) is 42.2 Å². The molecule has 2 aromatic carbocycles. The molecule has 21 heavy (non-hydrogen) atoms. The molecule has 0 unspecified atom stereocenters. The lowest BCUT2D eigenvalue weighted by molar-refractivity contribution is 0.305. The van der Waals surface area contributed by atoms with E-state index in [0.717, 1.165) is 36.4 Å². The van der Waals surface area contributed by atoms with E-state index in [4.69, 9.17) is 9.47 Å². The number of nitrogens with one attached hydrogen (secondary N) is 1. The van der Waals surface area contributed by atoms with Crippen molar-refractivity contribution < 1.29 is 13.9 Å². The molecule has 1 N–H and O–H groups in total. The molecule has 0 radical (unpaired) electrons. The van der Waals surface area contributed by atoms with Gasteiger partial charge in [0.2, 0.25) is 0 Å². The zero-order valence-electron chi connectivity index (χ0n) is 12.0. The third-order valence-corrected chi connectivity index (χ3v) is 3.65. The Morgan fingerprint density at radius 1 is 1.19 bits per heavy atom. The highest BCUT2D eigenvalue weighted by Gasteiger charge is 2.13. The van der Waals surface area contributed by atoms with Gasteiger partial charge >= 0.3 is 0 Å². The van der Waals surface area contributed by atoms with Crippen molar-refractivity contribution in [3.63, 3.8) is 0 Å². The summed E-state index contributed by atoms with van der Waals surface area (Å²) in [5.74, 6) is 0.702. The number of para-hydroxylation sites is 1. The summed E-state index contributed by atoms with van der Waals surface area (Å²) in [6, 6.07) is 10.9. The van der Waals surface area contributed by atoms with Gasteiger partial charge in [0.15, 0.2) is 11.6 Å². The van der Waals surface area contributed by atoms with Crippen molar-refractivity contribution in [1.29, 1.82) is 0 Å². The first-order valence-electron chi connectivity index (χ1n) is 7.09. The van der Waals surface area contributed by atoms with E-state index in [-0.39, 0.29) is 11.6 Å². The number of benzene rings is 2. The molecule has 2 aromatic rings. The van der Waals surface area contributed by atoms with Gasteiger partial charge in [-0.1, -0.05) is 18.2 Å². The lowest BCUT2D eigenvalue weighted by Crippen LogP contribution is -2.13. The van der Waals surface area contributed by atoms with Gasteiger partial charge in [-0.15, -0.1) is 0 Å². The second-order valence-electron chi connectivity index (χ2n) is 5.08. The molecule has 3 nitrogen and oxygen atoms in total. The van der Waals surface area contributed by atoms with Crippen LogP contribution in [-0.4, -0.2) is 13.7 Å². The second kappa shape index (κ2) is 6.04. The lowest BCUT2D eigenvalue weighted by Gasteiger charge is -2.21. The topological polar surface area (TPSA) is 30.5 Å². The number of hydrogen-bond donors (Lipinski definition) is 1. The Morgan fingerprint density at radius 3 is 2.90 bits per heavy atom. The molecule has 1 heterocycles. The zero-order valence-corrected chi connectivity index (χ0v) is 12.0. The van der Waals surface area contributed by atoms with Crippen LogP contribution in [-0.2, 0) is 13.0 Å². The average molecular weight is 287 g/mol. The van der Waals surface area contributed by atoms with Crippen LogP contribution in [0.25, 0.3) is 0 Å². The third-order valence-electron chi connectivity index (χ3n) is 3.65. The quantitative estimate of drug-likeness (QED) is 0.928. The molecule has 0 amide bonds. The van der Waals surface area contributed by atoms with E-state index in [1.165, 1.54) is 18.7 Å². The van der Waals surface area contributed by atoms with Gasteiger partial charge in [-0.25, -0.2) is 4.39 Å². The number of fused-ring (bicyclic) bond motifs is 1. The maximum Gasteiger partial charge on any atom is 0.165 e. The molecule has 110 valence electrons. The predicted molar refractivity (Wildman–Crippen MR) is 80.5 cm³/mol. The molecule has 0 atom stereocenters. The standard InChI is InChI=1S/C17H18FNO2/c1-20-15-8-7-12(10-14(15)18)11-21-16-6-2-4-13-5-3-9-19-17(13)16/h2,4,6-8,10,19H,3,5,9,11H2,1H3. The number of aryl methyl sites for hydroxylation is 1. The molecule has 0 saturated heterocycles. The minimum atomic E-state index is -0.369. The molecule has 1 aliphatic heterocycles. The summed E-state index contributed by atoms with van der Waals surface area (Å²) in [5, 5.41) is 3.38. The van der Waals surface area contributed by atoms with Crippen LogP contribution in [0.3, 0.4) is 0 Å². The van der Waals surface area contributed by atoms with E-state index in [1.807, 2.05) is 18.2 Å². The molecular weight excluding hydrogens is 269 g/mol. The van der Waals surface area contributed by atoms with Crippen molar-refractivity contribution in [2.75, 3.05) is 19.0 Å². The molecule has 0 bridgehead atoms. The summed E-state index contributed by atoms with van der Waals surface area (Å²) >= 11 is 0. The summed E-state index contributed by atoms with van der Waals surface area (Å²) in [4.78, 5) is 0. The lowest BCUT2D eigenvalue weighted by atomic mass is 10.0. The Bertz CT molecular complexity index is 643. The number of hydrogen-bond acceptors (Lipinski definition) is 3. The number of ether oxygens (including phenoxy) is 2. The number of methoxy groups -OCH3 is 1. The minimum Gasteiger partial charge on any atom is -0.494 e. The molecule has 0 spiro atoms. The molecule has 3 rings (SSSR count). The van der Waals surface area contributed by atoms with Crippen molar-refractivity contribution in [1.82, 2.24) is 0 Å². The van der Waals surface area contributed by atoms with Gasteiger partial charge in [0.25, 0.3) is 0 Å². The largest absolute Gasteiger partial charge is 0.494 e. The molecular formula is C17H18FNO2. The van der Waals surface area contributed by atoms with Gasteiger partial charge in [0.1, 0.15) is 12.4 Å². The van der Waals surface area contributed by atoms with Gasteiger partial charge in [0.05, 0.1) is 12.8 Å². The normalized spacial score (nSPS) is 13.2. The number of halogens is 1. The molecule has 0 aliphatic carbocycles. The molecule has 0 aromatic heterocycles. The molecule has 1 aliphatic rings. The van der Waals surface area contributed by atoms with E-state index in [1.54, 1.807) is 6.07 Å². The number of rotatable bonds is 4. The Labute approximate surface area is 123 Å². The summed E-state index contributed by atoms with van der Waals surface area (Å²) < 4.78 is 24.4. The summed E-state index contributed by atoms with van der Waals surface area (Å²) in [7, 11) is 1.45. The Kier molecular flexibility index (Phi) is 3.95. The van der Waals surface area contributed by atoms with Crippen molar-refractivity contribution in [2.24, 2.45) is 0 Å². The molecule has 0 saturated carbocycles. The van der Waals surface area contributed by atoms with Gasteiger partial charge in [-0.3, -0.25) is 0 Å². The van der Waals surface area contributed by atoms with Crippen LogP contribution in [0.15, 0.2) is 36.4 Å². The number of anilines is 1.